The molecule has 0 fully saturated rings. The van der Waals surface area contributed by atoms with Crippen molar-refractivity contribution in [1.82, 2.24) is 5.01 Å². The number of hydrogen-bond donors (Lipinski definition) is 0. The van der Waals surface area contributed by atoms with Gasteiger partial charge in [0.2, 0.25) is 0 Å². The van der Waals surface area contributed by atoms with Crippen molar-refractivity contribution in [3.8, 4) is 0 Å². The number of ketones is 1. The Morgan fingerprint density at radius 3 is 2.54 bits per heavy atom. The molecule has 2 aliphatic rings. The number of rotatable bonds is 5. The fraction of sp³-hybridized carbons (Fsp3) is 0.214. The largest absolute Gasteiger partial charge is 0.294 e. The van der Waals surface area contributed by atoms with Gasteiger partial charge < -0.3 is 0 Å². The SMILES string of the molecule is Cc1ccc(C)c(C(=O)CC2SC(N3N=C(c4ccccc4)CC3c3ccc(Cl)cc3)=NC2=O)c1. The zero-order valence-electron chi connectivity index (χ0n) is 19.4. The summed E-state index contributed by atoms with van der Waals surface area (Å²) < 4.78 is 0. The van der Waals surface area contributed by atoms with E-state index in [9.17, 15) is 9.59 Å². The van der Waals surface area contributed by atoms with Crippen LogP contribution in [0.2, 0.25) is 5.02 Å². The van der Waals surface area contributed by atoms with E-state index < -0.39 is 5.25 Å². The molecule has 2 atom stereocenters. The maximum Gasteiger partial charge on any atom is 0.262 e. The lowest BCUT2D eigenvalue weighted by molar-refractivity contribution is -0.117. The van der Waals surface area contributed by atoms with Crippen molar-refractivity contribution >= 4 is 45.9 Å². The van der Waals surface area contributed by atoms with Crippen LogP contribution in [-0.4, -0.2) is 32.8 Å². The van der Waals surface area contributed by atoms with Gasteiger partial charge in [-0.05, 0) is 48.7 Å². The Balaban J connectivity index is 1.40. The summed E-state index contributed by atoms with van der Waals surface area (Å²) in [5.74, 6) is -0.334. The van der Waals surface area contributed by atoms with E-state index in [1.807, 2.05) is 91.7 Å². The van der Waals surface area contributed by atoms with E-state index in [0.29, 0.717) is 22.2 Å². The minimum Gasteiger partial charge on any atom is -0.294 e. The Labute approximate surface area is 213 Å². The molecule has 2 heterocycles. The lowest BCUT2D eigenvalue weighted by Crippen LogP contribution is -2.24. The number of Topliss-reactive ketones (excluding diaryl/α,β-unsaturated/α-hetero) is 1. The van der Waals surface area contributed by atoms with Crippen LogP contribution in [0, 0.1) is 13.8 Å². The van der Waals surface area contributed by atoms with E-state index in [4.69, 9.17) is 16.7 Å². The first kappa shape index (κ1) is 23.5. The van der Waals surface area contributed by atoms with Crippen LogP contribution in [0.3, 0.4) is 0 Å². The average molecular weight is 502 g/mol. The summed E-state index contributed by atoms with van der Waals surface area (Å²) in [6.45, 7) is 3.87. The molecule has 5 nitrogen and oxygen atoms in total. The molecule has 0 spiro atoms. The number of hydrazone groups is 1. The molecule has 0 radical (unpaired) electrons. The van der Waals surface area contributed by atoms with E-state index in [-0.39, 0.29) is 24.2 Å². The molecule has 0 saturated heterocycles. The summed E-state index contributed by atoms with van der Waals surface area (Å²) in [5, 5.41) is 7.34. The number of nitrogens with zero attached hydrogens (tertiary/aromatic N) is 3. The van der Waals surface area contributed by atoms with Crippen molar-refractivity contribution in [2.45, 2.75) is 38.0 Å². The quantitative estimate of drug-likeness (QED) is 0.380. The van der Waals surface area contributed by atoms with Gasteiger partial charge in [-0.1, -0.05) is 83.5 Å². The minimum absolute atomic E-state index is 0.0438. The maximum absolute atomic E-state index is 13.0. The van der Waals surface area contributed by atoms with E-state index in [0.717, 1.165) is 28.0 Å². The van der Waals surface area contributed by atoms with Gasteiger partial charge in [0.15, 0.2) is 11.0 Å². The van der Waals surface area contributed by atoms with Crippen LogP contribution >= 0.6 is 23.4 Å². The third-order valence-electron chi connectivity index (χ3n) is 6.26. The summed E-state index contributed by atoms with van der Waals surface area (Å²) in [5.41, 5.74) is 5.59. The molecule has 2 unspecified atom stereocenters. The zero-order valence-corrected chi connectivity index (χ0v) is 21.0. The van der Waals surface area contributed by atoms with E-state index >= 15 is 0 Å². The van der Waals surface area contributed by atoms with E-state index in [1.54, 1.807) is 0 Å². The lowest BCUT2D eigenvalue weighted by atomic mass is 9.99. The van der Waals surface area contributed by atoms with Crippen LogP contribution in [0.15, 0.2) is 82.9 Å². The van der Waals surface area contributed by atoms with Crippen LogP contribution in [-0.2, 0) is 4.79 Å². The topological polar surface area (TPSA) is 62.1 Å². The third kappa shape index (κ3) is 4.95. The smallest absolute Gasteiger partial charge is 0.262 e. The molecule has 0 aliphatic carbocycles. The van der Waals surface area contributed by atoms with Crippen LogP contribution in [0.1, 0.15) is 51.5 Å². The molecular formula is C28H24ClN3O2S. The number of halogens is 1. The molecule has 35 heavy (non-hydrogen) atoms. The normalized spacial score (nSPS) is 19.6. The maximum atomic E-state index is 13.0. The van der Waals surface area contributed by atoms with Crippen LogP contribution in [0.5, 0.6) is 0 Å². The number of carbonyl (C=O) groups excluding carboxylic acids is 2. The number of amidine groups is 1. The summed E-state index contributed by atoms with van der Waals surface area (Å²) in [6.07, 6.45) is 0.779. The highest BCUT2D eigenvalue weighted by Gasteiger charge is 2.39. The molecule has 0 N–H and O–H groups in total. The Morgan fingerprint density at radius 1 is 1.06 bits per heavy atom. The Kier molecular flexibility index (Phi) is 6.58. The monoisotopic (exact) mass is 501 g/mol. The van der Waals surface area contributed by atoms with Gasteiger partial charge in [0.1, 0.15) is 5.25 Å². The van der Waals surface area contributed by atoms with Gasteiger partial charge >= 0.3 is 0 Å². The number of benzene rings is 3. The summed E-state index contributed by atoms with van der Waals surface area (Å²) in [6, 6.07) is 23.4. The van der Waals surface area contributed by atoms with E-state index in [1.165, 1.54) is 11.8 Å². The highest BCUT2D eigenvalue weighted by molar-refractivity contribution is 8.15. The Morgan fingerprint density at radius 2 is 1.80 bits per heavy atom. The van der Waals surface area contributed by atoms with Crippen molar-refractivity contribution in [1.29, 1.82) is 0 Å². The summed E-state index contributed by atoms with van der Waals surface area (Å²) in [4.78, 5) is 30.2. The minimum atomic E-state index is -0.556. The standard InChI is InChI=1S/C28H24ClN3O2S/c1-17-8-9-18(2)22(14-17)25(33)16-26-27(34)30-28(35-26)32-24(20-10-12-21(29)13-11-20)15-23(31-32)19-6-4-3-5-7-19/h3-14,24,26H,15-16H2,1-2H3. The molecule has 0 bridgehead atoms. The van der Waals surface area contributed by atoms with Gasteiger partial charge in [0, 0.05) is 23.4 Å². The Hall–Kier alpha value is -3.22. The second-order valence-corrected chi connectivity index (χ2v) is 10.4. The Bertz CT molecular complexity index is 1350. The van der Waals surface area contributed by atoms with Crippen molar-refractivity contribution in [3.63, 3.8) is 0 Å². The molecule has 0 saturated carbocycles. The predicted octanol–water partition coefficient (Wildman–Crippen LogP) is 6.38. The van der Waals surface area contributed by atoms with Crippen molar-refractivity contribution in [2.75, 3.05) is 0 Å². The molecule has 5 rings (SSSR count). The second kappa shape index (κ2) is 9.80. The number of aliphatic imine (C=N–C) groups is 1. The number of aryl methyl sites for hydroxylation is 2. The molecule has 0 aromatic heterocycles. The molecule has 7 heteroatoms. The number of hydrogen-bond acceptors (Lipinski definition) is 5. The molecule has 1 amide bonds. The highest BCUT2D eigenvalue weighted by Crippen LogP contribution is 2.39. The van der Waals surface area contributed by atoms with Crippen LogP contribution in [0.25, 0.3) is 0 Å². The van der Waals surface area contributed by atoms with Crippen molar-refractivity contribution in [2.24, 2.45) is 10.1 Å². The lowest BCUT2D eigenvalue weighted by Gasteiger charge is -2.23. The first-order valence-corrected chi connectivity index (χ1v) is 12.7. The van der Waals surface area contributed by atoms with Gasteiger partial charge in [-0.15, -0.1) is 0 Å². The van der Waals surface area contributed by atoms with Gasteiger partial charge in [0.05, 0.1) is 11.8 Å². The highest BCUT2D eigenvalue weighted by atomic mass is 35.5. The fourth-order valence-electron chi connectivity index (χ4n) is 4.36. The fourth-order valence-corrected chi connectivity index (χ4v) is 5.54. The molecule has 176 valence electrons. The number of thioether (sulfide) groups is 1. The second-order valence-electron chi connectivity index (χ2n) is 8.81. The first-order valence-electron chi connectivity index (χ1n) is 11.5. The van der Waals surface area contributed by atoms with E-state index in [2.05, 4.69) is 4.99 Å². The van der Waals surface area contributed by atoms with Crippen molar-refractivity contribution < 1.29 is 9.59 Å². The molecule has 3 aromatic carbocycles. The van der Waals surface area contributed by atoms with Crippen molar-refractivity contribution in [3.05, 3.63) is 106 Å². The molecule has 2 aliphatic heterocycles. The van der Waals surface area contributed by atoms with Crippen LogP contribution < -0.4 is 0 Å². The van der Waals surface area contributed by atoms with Gasteiger partial charge in [-0.3, -0.25) is 9.59 Å². The molecule has 3 aromatic rings. The number of amides is 1. The van der Waals surface area contributed by atoms with Gasteiger partial charge in [-0.2, -0.15) is 10.1 Å². The number of carbonyl (C=O) groups is 2. The predicted molar refractivity (Wildman–Crippen MR) is 142 cm³/mol. The third-order valence-corrected chi connectivity index (χ3v) is 7.66. The molecular weight excluding hydrogens is 478 g/mol. The summed E-state index contributed by atoms with van der Waals surface area (Å²) >= 11 is 7.44. The average Bonchev–Trinajstić information content (AvgIpc) is 3.46. The summed E-state index contributed by atoms with van der Waals surface area (Å²) in [7, 11) is 0. The van der Waals surface area contributed by atoms with Gasteiger partial charge in [-0.25, -0.2) is 5.01 Å². The van der Waals surface area contributed by atoms with Gasteiger partial charge in [0.25, 0.3) is 5.91 Å². The first-order chi connectivity index (χ1) is 16.9. The van der Waals surface area contributed by atoms with Crippen LogP contribution in [0.4, 0.5) is 0 Å². The zero-order chi connectivity index (χ0) is 24.5.